The first-order valence-electron chi connectivity index (χ1n) is 6.76. The normalized spacial score (nSPS) is 16.5. The number of alkyl halides is 1. The molecule has 0 saturated heterocycles. The number of ether oxygens (including phenoxy) is 2. The first kappa shape index (κ1) is 15.3. The minimum atomic E-state index is -0.779. The Morgan fingerprint density at radius 2 is 2.24 bits per heavy atom. The van der Waals surface area contributed by atoms with E-state index in [1.54, 1.807) is 0 Å². The lowest BCUT2D eigenvalue weighted by atomic mass is 9.96. The molecule has 0 aromatic carbocycles. The predicted molar refractivity (Wildman–Crippen MR) is 72.0 cm³/mol. The highest BCUT2D eigenvalue weighted by atomic mass is 19.1. The largest absolute Gasteiger partial charge is 0.490 e. The third-order valence-electron chi connectivity index (χ3n) is 3.55. The second-order valence-electron chi connectivity index (χ2n) is 4.87. The van der Waals surface area contributed by atoms with E-state index in [-0.39, 0.29) is 12.4 Å². The molecule has 8 heteroatoms. The zero-order chi connectivity index (χ0) is 15.3. The lowest BCUT2D eigenvalue weighted by Gasteiger charge is -2.28. The van der Waals surface area contributed by atoms with Crippen LogP contribution in [0.15, 0.2) is 11.0 Å². The lowest BCUT2D eigenvalue weighted by molar-refractivity contribution is 0.123. The molecule has 2 rings (SSSR count). The molecule has 0 atom stereocenters. The molecule has 7 nitrogen and oxygen atoms in total. The number of carbonyl (C=O) groups is 1. The van der Waals surface area contributed by atoms with E-state index in [0.29, 0.717) is 18.7 Å². The Morgan fingerprint density at radius 1 is 1.52 bits per heavy atom. The van der Waals surface area contributed by atoms with Crippen molar-refractivity contribution in [1.82, 2.24) is 15.3 Å². The van der Waals surface area contributed by atoms with E-state index in [1.165, 1.54) is 13.3 Å². The van der Waals surface area contributed by atoms with Crippen molar-refractivity contribution >= 4 is 6.09 Å². The van der Waals surface area contributed by atoms with Crippen LogP contribution in [0.25, 0.3) is 0 Å². The number of nitrogens with one attached hydrogen (secondary N) is 2. The van der Waals surface area contributed by atoms with Crippen LogP contribution < -0.4 is 15.6 Å². The number of nitrogens with zero attached hydrogens (tertiary/aromatic N) is 1. The number of aromatic amines is 1. The molecule has 2 N–H and O–H groups in total. The molecule has 0 bridgehead atoms. The highest BCUT2D eigenvalue weighted by Crippen LogP contribution is 2.36. The van der Waals surface area contributed by atoms with Crippen LogP contribution >= 0.6 is 0 Å². The number of alkyl carbamates (subject to hydrolysis) is 1. The molecule has 0 radical (unpaired) electrons. The summed E-state index contributed by atoms with van der Waals surface area (Å²) in [6.07, 6.45) is 3.65. The van der Waals surface area contributed by atoms with Crippen LogP contribution in [-0.2, 0) is 10.3 Å². The molecule has 1 aliphatic rings. The van der Waals surface area contributed by atoms with Crippen molar-refractivity contribution in [2.75, 3.05) is 20.4 Å². The number of H-pyrrole nitrogens is 1. The number of hydrogen-bond acceptors (Lipinski definition) is 5. The first-order chi connectivity index (χ1) is 10.1. The molecule has 1 aliphatic carbocycles. The number of methoxy groups -OCH3 is 1. The summed E-state index contributed by atoms with van der Waals surface area (Å²) in [5.74, 6) is 0.468. The Balaban J connectivity index is 2.23. The van der Waals surface area contributed by atoms with E-state index in [0.717, 1.165) is 12.8 Å². The standard InChI is InChI=1S/C13H18FN3O4/c1-20-9-8-15-11(16-10(9)18)13(4-2-3-5-13)17-12(19)21-7-6-14/h8H,2-7H2,1H3,(H,17,19)(H,15,16,18). The number of aromatic nitrogens is 2. The van der Waals surface area contributed by atoms with Crippen molar-refractivity contribution < 1.29 is 18.7 Å². The van der Waals surface area contributed by atoms with Crippen LogP contribution in [0.1, 0.15) is 31.5 Å². The monoisotopic (exact) mass is 299 g/mol. The number of halogens is 1. The van der Waals surface area contributed by atoms with Gasteiger partial charge in [0, 0.05) is 0 Å². The number of rotatable bonds is 5. The molecule has 1 amide bonds. The third-order valence-corrected chi connectivity index (χ3v) is 3.55. The summed E-state index contributed by atoms with van der Waals surface area (Å²) in [4.78, 5) is 30.3. The number of carbonyl (C=O) groups excluding carboxylic acids is 1. The molecule has 0 unspecified atom stereocenters. The average Bonchev–Trinajstić information content (AvgIpc) is 2.94. The first-order valence-corrected chi connectivity index (χ1v) is 6.76. The van der Waals surface area contributed by atoms with Gasteiger partial charge in [0.1, 0.15) is 24.6 Å². The second kappa shape index (κ2) is 6.55. The van der Waals surface area contributed by atoms with E-state index in [9.17, 15) is 14.0 Å². The third kappa shape index (κ3) is 3.32. The quantitative estimate of drug-likeness (QED) is 0.853. The molecule has 1 heterocycles. The molecule has 1 saturated carbocycles. The molecule has 0 spiro atoms. The fourth-order valence-corrected chi connectivity index (χ4v) is 2.53. The Hall–Kier alpha value is -2.12. The van der Waals surface area contributed by atoms with Gasteiger partial charge in [-0.15, -0.1) is 0 Å². The van der Waals surface area contributed by atoms with Crippen LogP contribution in [0.2, 0.25) is 0 Å². The highest BCUT2D eigenvalue weighted by molar-refractivity contribution is 5.68. The zero-order valence-corrected chi connectivity index (χ0v) is 11.8. The second-order valence-corrected chi connectivity index (χ2v) is 4.87. The van der Waals surface area contributed by atoms with Crippen molar-refractivity contribution in [2.24, 2.45) is 0 Å². The van der Waals surface area contributed by atoms with Crippen LogP contribution in [0, 0.1) is 0 Å². The van der Waals surface area contributed by atoms with Crippen molar-refractivity contribution in [1.29, 1.82) is 0 Å². The van der Waals surface area contributed by atoms with Crippen molar-refractivity contribution in [2.45, 2.75) is 31.2 Å². The van der Waals surface area contributed by atoms with Gasteiger partial charge in [-0.05, 0) is 12.8 Å². The van der Waals surface area contributed by atoms with E-state index < -0.39 is 23.9 Å². The van der Waals surface area contributed by atoms with Gasteiger partial charge in [0.05, 0.1) is 13.3 Å². The smallest absolute Gasteiger partial charge is 0.408 e. The van der Waals surface area contributed by atoms with Gasteiger partial charge in [0.2, 0.25) is 5.75 Å². The molecule has 0 aliphatic heterocycles. The van der Waals surface area contributed by atoms with Crippen LogP contribution in [0.3, 0.4) is 0 Å². The Morgan fingerprint density at radius 3 is 2.81 bits per heavy atom. The topological polar surface area (TPSA) is 93.3 Å². The van der Waals surface area contributed by atoms with Gasteiger partial charge >= 0.3 is 6.09 Å². The van der Waals surface area contributed by atoms with Gasteiger partial charge in [0.25, 0.3) is 5.56 Å². The minimum Gasteiger partial charge on any atom is -0.490 e. The van der Waals surface area contributed by atoms with Gasteiger partial charge < -0.3 is 19.8 Å². The predicted octanol–water partition coefficient (Wildman–Crippen LogP) is 1.24. The summed E-state index contributed by atoms with van der Waals surface area (Å²) in [5.41, 5.74) is -1.19. The summed E-state index contributed by atoms with van der Waals surface area (Å²) in [6, 6.07) is 0. The SMILES string of the molecule is COc1cnc(C2(NC(=O)OCCF)CCCC2)[nH]c1=O. The van der Waals surface area contributed by atoms with E-state index in [4.69, 9.17) is 9.47 Å². The van der Waals surface area contributed by atoms with Crippen LogP contribution in [-0.4, -0.2) is 36.5 Å². The van der Waals surface area contributed by atoms with E-state index in [1.807, 2.05) is 0 Å². The Bertz CT molecular complexity index is 555. The molecular weight excluding hydrogens is 281 g/mol. The molecule has 21 heavy (non-hydrogen) atoms. The summed E-state index contributed by atoms with van der Waals surface area (Å²) in [6.45, 7) is -1.04. The van der Waals surface area contributed by atoms with Gasteiger partial charge in [-0.3, -0.25) is 4.79 Å². The lowest BCUT2D eigenvalue weighted by Crippen LogP contribution is -2.46. The van der Waals surface area contributed by atoms with Gasteiger partial charge in [0.15, 0.2) is 0 Å². The highest BCUT2D eigenvalue weighted by Gasteiger charge is 2.40. The van der Waals surface area contributed by atoms with Gasteiger partial charge in [-0.25, -0.2) is 14.2 Å². The Labute approximate surface area is 120 Å². The maximum atomic E-state index is 12.0. The van der Waals surface area contributed by atoms with Crippen molar-refractivity contribution in [3.05, 3.63) is 22.4 Å². The minimum absolute atomic E-state index is 0.104. The van der Waals surface area contributed by atoms with Crippen LogP contribution in [0.5, 0.6) is 5.75 Å². The molecule has 116 valence electrons. The van der Waals surface area contributed by atoms with Gasteiger partial charge in [-0.1, -0.05) is 12.8 Å². The van der Waals surface area contributed by atoms with Crippen molar-refractivity contribution in [3.63, 3.8) is 0 Å². The zero-order valence-electron chi connectivity index (χ0n) is 11.8. The average molecular weight is 299 g/mol. The molecule has 1 fully saturated rings. The number of hydrogen-bond donors (Lipinski definition) is 2. The summed E-state index contributed by atoms with van der Waals surface area (Å²) in [5, 5.41) is 2.71. The maximum absolute atomic E-state index is 12.0. The fraction of sp³-hybridized carbons (Fsp3) is 0.615. The fourth-order valence-electron chi connectivity index (χ4n) is 2.53. The molecule has 1 aromatic heterocycles. The summed E-state index contributed by atoms with van der Waals surface area (Å²) in [7, 11) is 1.38. The van der Waals surface area contributed by atoms with Gasteiger partial charge in [-0.2, -0.15) is 0 Å². The van der Waals surface area contributed by atoms with E-state index in [2.05, 4.69) is 15.3 Å². The Kier molecular flexibility index (Phi) is 4.77. The van der Waals surface area contributed by atoms with E-state index >= 15 is 0 Å². The number of amides is 1. The van der Waals surface area contributed by atoms with Crippen molar-refractivity contribution in [3.8, 4) is 5.75 Å². The summed E-state index contributed by atoms with van der Waals surface area (Å²) < 4.78 is 21.6. The van der Waals surface area contributed by atoms with Crippen LogP contribution in [0.4, 0.5) is 9.18 Å². The maximum Gasteiger partial charge on any atom is 0.408 e. The molecular formula is C13H18FN3O4. The molecule has 1 aromatic rings. The summed E-state index contributed by atoms with van der Waals surface area (Å²) >= 11 is 0.